The minimum atomic E-state index is -4.18. The van der Waals surface area contributed by atoms with Gasteiger partial charge in [0.1, 0.15) is 0 Å². The van der Waals surface area contributed by atoms with Crippen LogP contribution in [-0.4, -0.2) is 29.4 Å². The Labute approximate surface area is 192 Å². The number of hydrogen-bond donors (Lipinski definition) is 1. The zero-order chi connectivity index (χ0) is 17.6. The molecule has 2 unspecified atom stereocenters. The summed E-state index contributed by atoms with van der Waals surface area (Å²) in [5.74, 6) is 0. The third kappa shape index (κ3) is 16.9. The van der Waals surface area contributed by atoms with Gasteiger partial charge in [0.05, 0.1) is 16.2 Å². The molecule has 0 rings (SSSR count). The monoisotopic (exact) mass is 388 g/mol. The molecule has 0 aliphatic heterocycles. The van der Waals surface area contributed by atoms with E-state index in [0.29, 0.717) is 25.7 Å². The summed E-state index contributed by atoms with van der Waals surface area (Å²) in [4.78, 5) is 0. The fourth-order valence-electron chi connectivity index (χ4n) is 2.92. The summed E-state index contributed by atoms with van der Waals surface area (Å²) in [7, 11) is -4.18. The molecule has 6 heteroatoms. The van der Waals surface area contributed by atoms with Crippen LogP contribution in [0.4, 0.5) is 0 Å². The van der Waals surface area contributed by atoms with Crippen LogP contribution in [-0.2, 0) is 10.1 Å². The Hall–Kier alpha value is 1.51. The molecule has 0 aromatic heterocycles. The van der Waals surface area contributed by atoms with Crippen molar-refractivity contribution in [1.82, 2.24) is 0 Å². The molecular weight excluding hydrogens is 351 g/mol. The predicted molar refractivity (Wildman–Crippen MR) is 95.5 cm³/mol. The number of hydrogen-bond acceptors (Lipinski definition) is 4. The third-order valence-corrected chi connectivity index (χ3v) is 5.78. The summed E-state index contributed by atoms with van der Waals surface area (Å²) < 4.78 is 33.6. The standard InChI is InChI=1S/C18H38O4S.K/c1-3-5-7-8-9-10-13-17(19)14-11-12-16-18(15-6-4-2)23(20,21)22;/h17-19H,3-16H2,1-2H3,(H,20,21,22);/q;+1/p-1. The van der Waals surface area contributed by atoms with Gasteiger partial charge in [0.15, 0.2) is 0 Å². The molecule has 4 nitrogen and oxygen atoms in total. The second-order valence-electron chi connectivity index (χ2n) is 6.75. The van der Waals surface area contributed by atoms with Crippen LogP contribution in [0.3, 0.4) is 0 Å². The topological polar surface area (TPSA) is 77.4 Å². The molecule has 0 bridgehead atoms. The van der Waals surface area contributed by atoms with Gasteiger partial charge in [-0.2, -0.15) is 0 Å². The molecular formula is C18H37KO4S. The molecule has 1 N–H and O–H groups in total. The van der Waals surface area contributed by atoms with Crippen molar-refractivity contribution < 1.29 is 69.5 Å². The minimum Gasteiger partial charge on any atom is -0.748 e. The molecule has 2 atom stereocenters. The SMILES string of the molecule is CCCCCCCCC(O)CCCCC(CCCC)S(=O)(=O)[O-].[K+]. The van der Waals surface area contributed by atoms with E-state index in [4.69, 9.17) is 0 Å². The molecule has 140 valence electrons. The Morgan fingerprint density at radius 3 is 1.71 bits per heavy atom. The first-order chi connectivity index (χ1) is 10.9. The predicted octanol–water partition coefficient (Wildman–Crippen LogP) is 1.77. The molecule has 0 amide bonds. The van der Waals surface area contributed by atoms with E-state index in [1.54, 1.807) is 0 Å². The van der Waals surface area contributed by atoms with Crippen LogP contribution in [0.1, 0.15) is 104 Å². The van der Waals surface area contributed by atoms with E-state index in [2.05, 4.69) is 6.92 Å². The van der Waals surface area contributed by atoms with Crippen molar-refractivity contribution in [2.45, 2.75) is 115 Å². The summed E-state index contributed by atoms with van der Waals surface area (Å²) in [6.07, 6.45) is 12.7. The van der Waals surface area contributed by atoms with E-state index < -0.39 is 15.4 Å². The molecule has 0 saturated carbocycles. The summed E-state index contributed by atoms with van der Waals surface area (Å²) in [6.45, 7) is 4.20. The smallest absolute Gasteiger partial charge is 0.748 e. The first kappa shape index (κ1) is 27.7. The van der Waals surface area contributed by atoms with E-state index >= 15 is 0 Å². The Balaban J connectivity index is 0. The molecule has 0 heterocycles. The van der Waals surface area contributed by atoms with Gasteiger partial charge in [-0.15, -0.1) is 0 Å². The number of unbranched alkanes of at least 4 members (excludes halogenated alkanes) is 7. The molecule has 0 aromatic carbocycles. The maximum absolute atomic E-state index is 11.2. The summed E-state index contributed by atoms with van der Waals surface area (Å²) >= 11 is 0. The quantitative estimate of drug-likeness (QED) is 0.248. The number of aliphatic hydroxyl groups excluding tert-OH is 1. The average molecular weight is 389 g/mol. The zero-order valence-corrected chi connectivity index (χ0v) is 20.1. The van der Waals surface area contributed by atoms with Crippen molar-refractivity contribution in [3.63, 3.8) is 0 Å². The third-order valence-electron chi connectivity index (χ3n) is 4.49. The maximum Gasteiger partial charge on any atom is 1.00 e. The molecule has 0 aliphatic carbocycles. The van der Waals surface area contributed by atoms with Crippen LogP contribution in [0.5, 0.6) is 0 Å². The van der Waals surface area contributed by atoms with Gasteiger partial charge in [0.25, 0.3) is 0 Å². The van der Waals surface area contributed by atoms with Gasteiger partial charge in [0, 0.05) is 5.25 Å². The Bertz CT molecular complexity index is 360. The summed E-state index contributed by atoms with van der Waals surface area (Å²) in [5, 5.41) is 9.20. The molecule has 0 aliphatic rings. The Morgan fingerprint density at radius 2 is 1.17 bits per heavy atom. The minimum absolute atomic E-state index is 0. The second-order valence-corrected chi connectivity index (χ2v) is 8.40. The first-order valence-corrected chi connectivity index (χ1v) is 11.0. The van der Waals surface area contributed by atoms with Crippen LogP contribution in [0.2, 0.25) is 0 Å². The van der Waals surface area contributed by atoms with Crippen LogP contribution < -0.4 is 51.4 Å². The van der Waals surface area contributed by atoms with Crippen LogP contribution in [0.15, 0.2) is 0 Å². The van der Waals surface area contributed by atoms with Crippen molar-refractivity contribution in [2.75, 3.05) is 0 Å². The fraction of sp³-hybridized carbons (Fsp3) is 1.00. The van der Waals surface area contributed by atoms with Gasteiger partial charge in [-0.3, -0.25) is 0 Å². The maximum atomic E-state index is 11.2. The van der Waals surface area contributed by atoms with Gasteiger partial charge >= 0.3 is 51.4 Å². The van der Waals surface area contributed by atoms with Crippen molar-refractivity contribution in [3.05, 3.63) is 0 Å². The molecule has 0 radical (unpaired) electrons. The van der Waals surface area contributed by atoms with E-state index in [1.165, 1.54) is 32.1 Å². The van der Waals surface area contributed by atoms with Gasteiger partial charge < -0.3 is 9.66 Å². The van der Waals surface area contributed by atoms with E-state index in [-0.39, 0.29) is 57.5 Å². The Kier molecular flexibility index (Phi) is 20.7. The van der Waals surface area contributed by atoms with Crippen LogP contribution in [0, 0.1) is 0 Å². The second kappa shape index (κ2) is 17.9. The normalized spacial score (nSPS) is 14.2. The molecule has 0 spiro atoms. The first-order valence-electron chi connectivity index (χ1n) is 9.54. The van der Waals surface area contributed by atoms with Gasteiger partial charge in [-0.1, -0.05) is 78.1 Å². The molecule has 0 fully saturated rings. The molecule has 0 aromatic rings. The van der Waals surface area contributed by atoms with E-state index in [0.717, 1.165) is 32.1 Å². The van der Waals surface area contributed by atoms with Crippen LogP contribution in [0.25, 0.3) is 0 Å². The van der Waals surface area contributed by atoms with Crippen molar-refractivity contribution in [1.29, 1.82) is 0 Å². The summed E-state index contributed by atoms with van der Waals surface area (Å²) in [6, 6.07) is 0. The van der Waals surface area contributed by atoms with E-state index in [9.17, 15) is 18.1 Å². The van der Waals surface area contributed by atoms with E-state index in [1.807, 2.05) is 6.92 Å². The van der Waals surface area contributed by atoms with Gasteiger partial charge in [-0.05, 0) is 25.7 Å². The van der Waals surface area contributed by atoms with Gasteiger partial charge in [0.2, 0.25) is 0 Å². The Morgan fingerprint density at radius 1 is 0.750 bits per heavy atom. The van der Waals surface area contributed by atoms with Gasteiger partial charge in [-0.25, -0.2) is 8.42 Å². The number of aliphatic hydroxyl groups is 1. The molecule has 0 saturated heterocycles. The fourth-order valence-corrected chi connectivity index (χ4v) is 3.83. The number of rotatable bonds is 16. The van der Waals surface area contributed by atoms with Crippen molar-refractivity contribution >= 4 is 10.1 Å². The summed E-state index contributed by atoms with van der Waals surface area (Å²) in [5.41, 5.74) is 0. The molecule has 24 heavy (non-hydrogen) atoms. The average Bonchev–Trinajstić information content (AvgIpc) is 2.48. The van der Waals surface area contributed by atoms with Crippen molar-refractivity contribution in [3.8, 4) is 0 Å². The largest absolute Gasteiger partial charge is 1.00 e. The zero-order valence-electron chi connectivity index (χ0n) is 16.1. The van der Waals surface area contributed by atoms with Crippen molar-refractivity contribution in [2.24, 2.45) is 0 Å². The van der Waals surface area contributed by atoms with Crippen LogP contribution >= 0.6 is 0 Å².